The fourth-order valence-electron chi connectivity index (χ4n) is 3.13. The molecule has 0 aliphatic carbocycles. The second-order valence-corrected chi connectivity index (χ2v) is 11.2. The molecule has 0 unspecified atom stereocenters. The lowest BCUT2D eigenvalue weighted by Gasteiger charge is -2.08. The zero-order valence-electron chi connectivity index (χ0n) is 18.5. The van der Waals surface area contributed by atoms with Gasteiger partial charge in [0.15, 0.2) is 14.6 Å². The van der Waals surface area contributed by atoms with E-state index in [1.165, 1.54) is 46.7 Å². The monoisotopic (exact) mass is 460 g/mol. The van der Waals surface area contributed by atoms with Crippen molar-refractivity contribution in [3.63, 3.8) is 0 Å². The largest absolute Gasteiger partial charge is 0.380 e. The number of hydrogen-bond donors (Lipinski definition) is 0. The van der Waals surface area contributed by atoms with Crippen LogP contribution in [0.1, 0.15) is 42.3 Å². The van der Waals surface area contributed by atoms with Crippen molar-refractivity contribution in [2.75, 3.05) is 13.2 Å². The van der Waals surface area contributed by atoms with Gasteiger partial charge in [0.25, 0.3) is 5.91 Å². The van der Waals surface area contributed by atoms with Gasteiger partial charge in [0.1, 0.15) is 0 Å². The number of ether oxygens (including phenoxy) is 1. The molecule has 1 aromatic heterocycles. The maximum absolute atomic E-state index is 12.8. The van der Waals surface area contributed by atoms with Crippen molar-refractivity contribution < 1.29 is 17.9 Å². The van der Waals surface area contributed by atoms with Crippen molar-refractivity contribution in [3.05, 3.63) is 57.9 Å². The minimum Gasteiger partial charge on any atom is -0.380 e. The first-order chi connectivity index (χ1) is 14.6. The Hall–Kier alpha value is -2.29. The van der Waals surface area contributed by atoms with Gasteiger partial charge in [0, 0.05) is 18.7 Å². The summed E-state index contributed by atoms with van der Waals surface area (Å²) in [4.78, 5) is 18.0. The van der Waals surface area contributed by atoms with Crippen LogP contribution in [0.25, 0.3) is 10.2 Å². The maximum Gasteiger partial charge on any atom is 0.279 e. The average Bonchev–Trinajstić information content (AvgIpc) is 3.04. The topological polar surface area (TPSA) is 77.7 Å². The van der Waals surface area contributed by atoms with Crippen LogP contribution in [0.5, 0.6) is 0 Å². The van der Waals surface area contributed by atoms with E-state index in [0.29, 0.717) is 30.1 Å². The summed E-state index contributed by atoms with van der Waals surface area (Å²) >= 11 is 1.46. The van der Waals surface area contributed by atoms with E-state index < -0.39 is 21.0 Å². The number of benzene rings is 2. The van der Waals surface area contributed by atoms with Crippen LogP contribution in [0.3, 0.4) is 0 Å². The number of aromatic nitrogens is 1. The van der Waals surface area contributed by atoms with E-state index in [0.717, 1.165) is 10.2 Å². The van der Waals surface area contributed by atoms with Gasteiger partial charge in [-0.05, 0) is 82.1 Å². The van der Waals surface area contributed by atoms with E-state index in [-0.39, 0.29) is 4.90 Å². The first-order valence-corrected chi connectivity index (χ1v) is 12.6. The van der Waals surface area contributed by atoms with E-state index in [1.54, 1.807) is 13.8 Å². The van der Waals surface area contributed by atoms with Crippen LogP contribution < -0.4 is 4.80 Å². The van der Waals surface area contributed by atoms with E-state index in [1.807, 2.05) is 11.5 Å². The molecule has 0 aliphatic rings. The van der Waals surface area contributed by atoms with Gasteiger partial charge in [-0.25, -0.2) is 8.42 Å². The van der Waals surface area contributed by atoms with Crippen molar-refractivity contribution in [1.82, 2.24) is 4.57 Å². The van der Waals surface area contributed by atoms with Crippen LogP contribution in [-0.4, -0.2) is 37.4 Å². The molecule has 0 atom stereocenters. The summed E-state index contributed by atoms with van der Waals surface area (Å²) in [5.41, 5.74) is 3.74. The Morgan fingerprint density at radius 2 is 1.77 bits per heavy atom. The van der Waals surface area contributed by atoms with E-state index in [4.69, 9.17) is 4.74 Å². The summed E-state index contributed by atoms with van der Waals surface area (Å²) in [6, 6.07) is 10.2. The minimum atomic E-state index is -3.38. The van der Waals surface area contributed by atoms with Crippen molar-refractivity contribution >= 4 is 37.3 Å². The number of nitrogens with zero attached hydrogens (tertiary/aromatic N) is 2. The summed E-state index contributed by atoms with van der Waals surface area (Å²) < 4.78 is 33.2. The third-order valence-corrected chi connectivity index (χ3v) is 8.42. The molecule has 0 N–H and O–H groups in total. The zero-order valence-corrected chi connectivity index (χ0v) is 20.1. The predicted octanol–water partition coefficient (Wildman–Crippen LogP) is 4.28. The molecule has 0 fully saturated rings. The normalized spacial score (nSPS) is 12.8. The molecule has 1 amide bonds. The standard InChI is InChI=1S/C23H28N2O4S2/c1-6-29-12-11-25-20-13-16(4)17(5)14-21(20)30-23(25)24-22(26)18-7-9-19(10-8-18)31(27,28)15(2)3/h7-10,13-15H,6,11-12H2,1-5H3. The highest BCUT2D eigenvalue weighted by atomic mass is 32.2. The fourth-order valence-corrected chi connectivity index (χ4v) is 5.33. The Morgan fingerprint density at radius 1 is 1.13 bits per heavy atom. The molecule has 3 rings (SSSR count). The number of carbonyl (C=O) groups is 1. The van der Waals surface area contributed by atoms with Crippen LogP contribution in [0.2, 0.25) is 0 Å². The van der Waals surface area contributed by atoms with Gasteiger partial charge >= 0.3 is 0 Å². The van der Waals surface area contributed by atoms with Crippen LogP contribution in [0, 0.1) is 13.8 Å². The highest BCUT2D eigenvalue weighted by Gasteiger charge is 2.19. The highest BCUT2D eigenvalue weighted by Crippen LogP contribution is 2.22. The molecular formula is C23H28N2O4S2. The van der Waals surface area contributed by atoms with E-state index in [9.17, 15) is 13.2 Å². The Morgan fingerprint density at radius 3 is 2.39 bits per heavy atom. The van der Waals surface area contributed by atoms with Crippen molar-refractivity contribution in [2.24, 2.45) is 4.99 Å². The minimum absolute atomic E-state index is 0.207. The zero-order chi connectivity index (χ0) is 22.8. The second-order valence-electron chi connectivity index (χ2n) is 7.67. The van der Waals surface area contributed by atoms with Crippen molar-refractivity contribution in [1.29, 1.82) is 0 Å². The lowest BCUT2D eigenvalue weighted by Crippen LogP contribution is -2.20. The molecule has 0 radical (unpaired) electrons. The summed E-state index contributed by atoms with van der Waals surface area (Å²) in [6.07, 6.45) is 0. The predicted molar refractivity (Wildman–Crippen MR) is 124 cm³/mol. The van der Waals surface area contributed by atoms with Crippen LogP contribution in [0.4, 0.5) is 0 Å². The first-order valence-electron chi connectivity index (χ1n) is 10.3. The third-order valence-electron chi connectivity index (χ3n) is 5.21. The molecule has 0 aliphatic heterocycles. The molecule has 0 spiro atoms. The van der Waals surface area contributed by atoms with Crippen molar-refractivity contribution in [3.8, 4) is 0 Å². The fraction of sp³-hybridized carbons (Fsp3) is 0.391. The molecule has 3 aromatic rings. The number of rotatable bonds is 7. The Bertz CT molecular complexity index is 1270. The van der Waals surface area contributed by atoms with Gasteiger partial charge in [0.05, 0.1) is 27.0 Å². The van der Waals surface area contributed by atoms with Crippen LogP contribution in [0.15, 0.2) is 46.3 Å². The number of thiazole rings is 1. The molecular weight excluding hydrogens is 432 g/mol. The summed E-state index contributed by atoms with van der Waals surface area (Å²) in [6.45, 7) is 11.1. The Balaban J connectivity index is 2.02. The molecule has 1 heterocycles. The molecule has 166 valence electrons. The third kappa shape index (κ3) is 4.97. The number of amides is 1. The summed E-state index contributed by atoms with van der Waals surface area (Å²) in [7, 11) is -3.38. The van der Waals surface area contributed by atoms with Gasteiger partial charge in [-0.1, -0.05) is 11.3 Å². The SMILES string of the molecule is CCOCCn1c(=NC(=O)c2ccc(S(=O)(=O)C(C)C)cc2)sc2cc(C)c(C)cc21. The number of sulfone groups is 1. The van der Waals surface area contributed by atoms with Crippen LogP contribution >= 0.6 is 11.3 Å². The van der Waals surface area contributed by atoms with Crippen LogP contribution in [-0.2, 0) is 21.1 Å². The smallest absolute Gasteiger partial charge is 0.279 e. The Labute approximate surface area is 187 Å². The average molecular weight is 461 g/mol. The van der Waals surface area contributed by atoms with E-state index in [2.05, 4.69) is 31.0 Å². The molecule has 6 nitrogen and oxygen atoms in total. The Kier molecular flexibility index (Phi) is 7.13. The molecule has 0 saturated carbocycles. The number of hydrogen-bond acceptors (Lipinski definition) is 5. The maximum atomic E-state index is 12.8. The molecule has 8 heteroatoms. The summed E-state index contributed by atoms with van der Waals surface area (Å²) in [5, 5.41) is -0.520. The lowest BCUT2D eigenvalue weighted by molar-refractivity contribution is 0.0996. The number of carbonyl (C=O) groups excluding carboxylic acids is 1. The molecule has 0 saturated heterocycles. The van der Waals surface area contributed by atoms with Gasteiger partial charge in [-0.15, -0.1) is 0 Å². The molecule has 2 aromatic carbocycles. The number of aryl methyl sites for hydroxylation is 2. The van der Waals surface area contributed by atoms with Gasteiger partial charge < -0.3 is 9.30 Å². The van der Waals surface area contributed by atoms with Gasteiger partial charge in [-0.3, -0.25) is 4.79 Å². The molecule has 0 bridgehead atoms. The van der Waals surface area contributed by atoms with E-state index >= 15 is 0 Å². The quantitative estimate of drug-likeness (QED) is 0.493. The van der Waals surface area contributed by atoms with Crippen molar-refractivity contribution in [2.45, 2.75) is 51.3 Å². The highest BCUT2D eigenvalue weighted by molar-refractivity contribution is 7.92. The lowest BCUT2D eigenvalue weighted by atomic mass is 10.1. The first kappa shape index (κ1) is 23.4. The summed E-state index contributed by atoms with van der Waals surface area (Å²) in [5.74, 6) is -0.404. The van der Waals surface area contributed by atoms with Gasteiger partial charge in [0.2, 0.25) is 0 Å². The molecule has 31 heavy (non-hydrogen) atoms. The number of fused-ring (bicyclic) bond motifs is 1. The second kappa shape index (κ2) is 9.46. The van der Waals surface area contributed by atoms with Gasteiger partial charge in [-0.2, -0.15) is 4.99 Å².